The second kappa shape index (κ2) is 7.76. The molecule has 0 saturated heterocycles. The van der Waals surface area contributed by atoms with Gasteiger partial charge in [0.15, 0.2) is 6.10 Å². The van der Waals surface area contributed by atoms with Crippen molar-refractivity contribution in [2.75, 3.05) is 0 Å². The second-order valence-corrected chi connectivity index (χ2v) is 5.79. The number of carbonyl (C=O) groups is 1. The molecule has 3 nitrogen and oxygen atoms in total. The Hall–Kier alpha value is -2.13. The van der Waals surface area contributed by atoms with Gasteiger partial charge in [-0.15, -0.1) is 0 Å². The number of benzene rings is 2. The van der Waals surface area contributed by atoms with Gasteiger partial charge in [-0.3, -0.25) is 0 Å². The van der Waals surface area contributed by atoms with Gasteiger partial charge in [0, 0.05) is 0 Å². The van der Waals surface area contributed by atoms with Crippen LogP contribution in [0.4, 0.5) is 0 Å². The molecule has 0 amide bonds. The van der Waals surface area contributed by atoms with Crippen LogP contribution in [0.1, 0.15) is 37.5 Å². The monoisotopic (exact) mass is 298 g/mol. The lowest BCUT2D eigenvalue weighted by atomic mass is 10.00. The zero-order valence-corrected chi connectivity index (χ0v) is 13.0. The Labute approximate surface area is 131 Å². The van der Waals surface area contributed by atoms with E-state index in [1.54, 1.807) is 0 Å². The van der Waals surface area contributed by atoms with Crippen LogP contribution in [0.25, 0.3) is 0 Å². The van der Waals surface area contributed by atoms with E-state index in [9.17, 15) is 9.90 Å². The van der Waals surface area contributed by atoms with Crippen molar-refractivity contribution in [2.24, 2.45) is 5.92 Å². The molecule has 116 valence electrons. The Bertz CT molecular complexity index is 539. The second-order valence-electron chi connectivity index (χ2n) is 5.79. The van der Waals surface area contributed by atoms with Gasteiger partial charge in [0.1, 0.15) is 6.10 Å². The van der Waals surface area contributed by atoms with Crippen LogP contribution in [0.2, 0.25) is 0 Å². The minimum absolute atomic E-state index is 0.258. The molecule has 0 heterocycles. The molecule has 1 atom stereocenters. The smallest absolute Gasteiger partial charge is 0.332 e. The van der Waals surface area contributed by atoms with Crippen molar-refractivity contribution in [1.82, 2.24) is 0 Å². The average molecular weight is 298 g/mol. The van der Waals surface area contributed by atoms with Crippen molar-refractivity contribution in [1.29, 1.82) is 0 Å². The first-order valence-electron chi connectivity index (χ1n) is 7.56. The quantitative estimate of drug-likeness (QED) is 0.829. The highest BCUT2D eigenvalue weighted by Crippen LogP contribution is 2.28. The summed E-state index contributed by atoms with van der Waals surface area (Å²) in [4.78, 5) is 11.5. The summed E-state index contributed by atoms with van der Waals surface area (Å²) in [5.74, 6) is -0.654. The minimum Gasteiger partial charge on any atom is -0.479 e. The predicted octanol–water partition coefficient (Wildman–Crippen LogP) is 4.29. The zero-order chi connectivity index (χ0) is 15.9. The molecular weight excluding hydrogens is 276 g/mol. The molecule has 0 spiro atoms. The van der Waals surface area contributed by atoms with Crippen LogP contribution < -0.4 is 0 Å². The third-order valence-corrected chi connectivity index (χ3v) is 3.47. The highest BCUT2D eigenvalue weighted by Gasteiger charge is 2.25. The van der Waals surface area contributed by atoms with E-state index in [4.69, 9.17) is 4.74 Å². The van der Waals surface area contributed by atoms with Crippen LogP contribution in [-0.4, -0.2) is 17.2 Å². The summed E-state index contributed by atoms with van der Waals surface area (Å²) in [5.41, 5.74) is 1.92. The fourth-order valence-electron chi connectivity index (χ4n) is 2.41. The van der Waals surface area contributed by atoms with Crippen LogP contribution in [-0.2, 0) is 9.53 Å². The Morgan fingerprint density at radius 3 is 1.77 bits per heavy atom. The third-order valence-electron chi connectivity index (χ3n) is 3.47. The van der Waals surface area contributed by atoms with Crippen molar-refractivity contribution < 1.29 is 14.6 Å². The molecule has 2 aromatic rings. The van der Waals surface area contributed by atoms with Gasteiger partial charge >= 0.3 is 5.97 Å². The molecule has 0 aromatic heterocycles. The van der Waals surface area contributed by atoms with E-state index >= 15 is 0 Å². The van der Waals surface area contributed by atoms with Crippen LogP contribution in [0.15, 0.2) is 60.7 Å². The molecule has 3 heteroatoms. The largest absolute Gasteiger partial charge is 0.479 e. The first-order chi connectivity index (χ1) is 10.6. The van der Waals surface area contributed by atoms with Gasteiger partial charge in [-0.2, -0.15) is 0 Å². The predicted molar refractivity (Wildman–Crippen MR) is 86.7 cm³/mol. The fraction of sp³-hybridized carbons (Fsp3) is 0.316. The Morgan fingerprint density at radius 2 is 1.41 bits per heavy atom. The van der Waals surface area contributed by atoms with Crippen LogP contribution in [0.3, 0.4) is 0 Å². The molecule has 0 aliphatic heterocycles. The number of ether oxygens (including phenoxy) is 1. The van der Waals surface area contributed by atoms with Crippen molar-refractivity contribution in [3.8, 4) is 0 Å². The van der Waals surface area contributed by atoms with E-state index in [0.717, 1.165) is 11.1 Å². The fourth-order valence-corrected chi connectivity index (χ4v) is 2.41. The van der Waals surface area contributed by atoms with Gasteiger partial charge in [-0.05, 0) is 23.5 Å². The number of carboxylic acids is 1. The Kier molecular flexibility index (Phi) is 5.73. The molecule has 0 aliphatic carbocycles. The lowest BCUT2D eigenvalue weighted by molar-refractivity contribution is -0.154. The van der Waals surface area contributed by atoms with Crippen LogP contribution in [0, 0.1) is 5.92 Å². The summed E-state index contributed by atoms with van der Waals surface area (Å²) in [6.45, 7) is 4.00. The van der Waals surface area contributed by atoms with Gasteiger partial charge < -0.3 is 9.84 Å². The number of carboxylic acid groups (broad SMARTS) is 1. The van der Waals surface area contributed by atoms with E-state index in [1.807, 2.05) is 74.5 Å². The lowest BCUT2D eigenvalue weighted by Gasteiger charge is -2.24. The molecule has 0 unspecified atom stereocenters. The summed E-state index contributed by atoms with van der Waals surface area (Å²) in [6.07, 6.45) is -0.696. The number of hydrogen-bond donors (Lipinski definition) is 1. The van der Waals surface area contributed by atoms with Crippen molar-refractivity contribution >= 4 is 5.97 Å². The summed E-state index contributed by atoms with van der Waals surface area (Å²) in [7, 11) is 0. The summed E-state index contributed by atoms with van der Waals surface area (Å²) in [5, 5.41) is 9.44. The molecule has 0 saturated carbocycles. The first kappa shape index (κ1) is 16.2. The normalized spacial score (nSPS) is 12.5. The van der Waals surface area contributed by atoms with E-state index in [-0.39, 0.29) is 12.0 Å². The summed E-state index contributed by atoms with van der Waals surface area (Å²) >= 11 is 0. The molecule has 0 radical (unpaired) electrons. The number of aliphatic carboxylic acids is 1. The molecule has 0 bridgehead atoms. The lowest BCUT2D eigenvalue weighted by Crippen LogP contribution is -2.28. The zero-order valence-electron chi connectivity index (χ0n) is 13.0. The van der Waals surface area contributed by atoms with Gasteiger partial charge in [0.25, 0.3) is 0 Å². The standard InChI is InChI=1S/C19H22O3/c1-14(2)13-17(19(20)21)22-18(15-9-5-3-6-10-15)16-11-7-4-8-12-16/h3-12,14,17-18H,13H2,1-2H3,(H,20,21)/t17-/m0/s1. The van der Waals surface area contributed by atoms with Gasteiger partial charge in [-0.1, -0.05) is 74.5 Å². The average Bonchev–Trinajstić information content (AvgIpc) is 2.52. The SMILES string of the molecule is CC(C)C[C@H](OC(c1ccccc1)c1ccccc1)C(=O)O. The minimum atomic E-state index is -0.912. The molecular formula is C19H22O3. The maximum Gasteiger partial charge on any atom is 0.332 e. The Balaban J connectivity index is 2.30. The van der Waals surface area contributed by atoms with Crippen molar-refractivity contribution in [2.45, 2.75) is 32.5 Å². The molecule has 2 rings (SSSR count). The van der Waals surface area contributed by atoms with Gasteiger partial charge in [0.05, 0.1) is 0 Å². The third kappa shape index (κ3) is 4.43. The van der Waals surface area contributed by atoms with Gasteiger partial charge in [0.2, 0.25) is 0 Å². The molecule has 0 fully saturated rings. The van der Waals surface area contributed by atoms with E-state index in [0.29, 0.717) is 6.42 Å². The van der Waals surface area contributed by atoms with E-state index in [1.165, 1.54) is 0 Å². The molecule has 2 aromatic carbocycles. The van der Waals surface area contributed by atoms with Gasteiger partial charge in [-0.25, -0.2) is 4.79 Å². The van der Waals surface area contributed by atoms with Crippen LogP contribution in [0.5, 0.6) is 0 Å². The van der Waals surface area contributed by atoms with Crippen molar-refractivity contribution in [3.05, 3.63) is 71.8 Å². The molecule has 1 N–H and O–H groups in total. The highest BCUT2D eigenvalue weighted by atomic mass is 16.5. The highest BCUT2D eigenvalue weighted by molar-refractivity contribution is 5.72. The van der Waals surface area contributed by atoms with Crippen LogP contribution >= 0.6 is 0 Å². The summed E-state index contributed by atoms with van der Waals surface area (Å²) < 4.78 is 6.00. The Morgan fingerprint density at radius 1 is 0.955 bits per heavy atom. The van der Waals surface area contributed by atoms with Crippen molar-refractivity contribution in [3.63, 3.8) is 0 Å². The van der Waals surface area contributed by atoms with E-state index < -0.39 is 12.1 Å². The maximum atomic E-state index is 11.5. The number of rotatable bonds is 7. The number of hydrogen-bond acceptors (Lipinski definition) is 2. The topological polar surface area (TPSA) is 46.5 Å². The summed E-state index contributed by atoms with van der Waals surface area (Å²) in [6, 6.07) is 19.5. The first-order valence-corrected chi connectivity index (χ1v) is 7.56. The maximum absolute atomic E-state index is 11.5. The molecule has 0 aliphatic rings. The molecule has 22 heavy (non-hydrogen) atoms. The van der Waals surface area contributed by atoms with E-state index in [2.05, 4.69) is 0 Å².